The molecule has 12 nitrogen and oxygen atoms in total. The van der Waals surface area contributed by atoms with E-state index in [2.05, 4.69) is 35.1 Å². The zero-order chi connectivity index (χ0) is 32.8. The van der Waals surface area contributed by atoms with Gasteiger partial charge >= 0.3 is 6.09 Å². The number of fused-ring (bicyclic) bond motifs is 1. The van der Waals surface area contributed by atoms with Crippen molar-refractivity contribution in [2.24, 2.45) is 23.2 Å². The zero-order valence-corrected chi connectivity index (χ0v) is 27.5. The minimum atomic E-state index is -1.10. The molecule has 0 spiro atoms. The second-order valence-corrected chi connectivity index (χ2v) is 14.2. The number of amides is 5. The Morgan fingerprint density at radius 1 is 0.932 bits per heavy atom. The third kappa shape index (κ3) is 8.72. The van der Waals surface area contributed by atoms with Crippen molar-refractivity contribution >= 4 is 35.5 Å². The molecule has 1 heterocycles. The van der Waals surface area contributed by atoms with E-state index in [9.17, 15) is 28.8 Å². The number of nitrogens with zero attached hydrogens (tertiary/aromatic N) is 1. The SMILES string of the molecule is CCCNC(=O)CNC(=O)C(=O)[C@H](CCC)NC(=O)C1C2C(CN1C(=O)C(NC(=O)OC(C)(C)C)C1CCCCC1)C2(C)C. The summed E-state index contributed by atoms with van der Waals surface area (Å²) in [5, 5.41) is 10.6. The largest absolute Gasteiger partial charge is 0.444 e. The normalized spacial score (nSPS) is 23.9. The number of alkyl carbamates (subject to hydrolysis) is 1. The van der Waals surface area contributed by atoms with Gasteiger partial charge in [0.15, 0.2) is 0 Å². The average Bonchev–Trinajstić information content (AvgIpc) is 3.28. The van der Waals surface area contributed by atoms with E-state index in [1.165, 1.54) is 0 Å². The molecule has 4 N–H and O–H groups in total. The maximum Gasteiger partial charge on any atom is 0.408 e. The number of hydrogen-bond donors (Lipinski definition) is 4. The highest BCUT2D eigenvalue weighted by molar-refractivity contribution is 6.38. The number of ether oxygens (including phenoxy) is 1. The van der Waals surface area contributed by atoms with Crippen LogP contribution in [0.4, 0.5) is 4.79 Å². The minimum absolute atomic E-state index is 0.0787. The number of carbonyl (C=O) groups is 6. The van der Waals surface area contributed by atoms with Gasteiger partial charge in [0, 0.05) is 13.1 Å². The molecule has 4 unspecified atom stereocenters. The predicted molar refractivity (Wildman–Crippen MR) is 164 cm³/mol. The molecule has 12 heteroatoms. The molecule has 3 rings (SSSR count). The van der Waals surface area contributed by atoms with Crippen LogP contribution < -0.4 is 21.3 Å². The van der Waals surface area contributed by atoms with Crippen molar-refractivity contribution in [3.8, 4) is 0 Å². The van der Waals surface area contributed by atoms with Crippen LogP contribution in [0, 0.1) is 23.2 Å². The fourth-order valence-electron chi connectivity index (χ4n) is 6.82. The van der Waals surface area contributed by atoms with Crippen LogP contribution in [0.1, 0.15) is 99.8 Å². The maximum absolute atomic E-state index is 14.2. The van der Waals surface area contributed by atoms with Crippen molar-refractivity contribution in [3.63, 3.8) is 0 Å². The Bertz CT molecular complexity index is 1100. The lowest BCUT2D eigenvalue weighted by atomic mass is 9.83. The van der Waals surface area contributed by atoms with Crippen molar-refractivity contribution in [1.29, 1.82) is 0 Å². The molecule has 5 atom stereocenters. The Hall–Kier alpha value is -3.18. The van der Waals surface area contributed by atoms with Gasteiger partial charge in [-0.15, -0.1) is 0 Å². The van der Waals surface area contributed by atoms with Crippen LogP contribution in [0.15, 0.2) is 0 Å². The Morgan fingerprint density at radius 2 is 1.59 bits per heavy atom. The molecule has 0 aromatic carbocycles. The second kappa shape index (κ2) is 14.7. The van der Waals surface area contributed by atoms with E-state index in [0.717, 1.165) is 38.5 Å². The standard InChI is InChI=1S/C32H53N5O7/c1-8-13-21(26(39)28(41)34-17-22(38)33-16-9-2)35-27(40)25-23-20(32(23,6)7)18-37(25)29(42)24(19-14-11-10-12-15-19)36-30(43)44-31(3,4)5/h19-21,23-25H,8-18H2,1-7H3,(H,33,38)(H,34,41)(H,35,40)(H,36,43)/t20?,21-,23?,24?,25?/m0/s1. The smallest absolute Gasteiger partial charge is 0.408 e. The second-order valence-electron chi connectivity index (χ2n) is 14.2. The summed E-state index contributed by atoms with van der Waals surface area (Å²) in [6.07, 6.45) is 5.36. The number of carbonyl (C=O) groups excluding carboxylic acids is 6. The van der Waals surface area contributed by atoms with Gasteiger partial charge in [0.1, 0.15) is 17.7 Å². The monoisotopic (exact) mass is 619 g/mol. The van der Waals surface area contributed by atoms with E-state index in [1.807, 2.05) is 13.8 Å². The van der Waals surface area contributed by atoms with Gasteiger partial charge in [-0.05, 0) is 69.6 Å². The molecule has 1 saturated heterocycles. The molecule has 5 amide bonds. The lowest BCUT2D eigenvalue weighted by molar-refractivity contribution is -0.145. The first kappa shape index (κ1) is 35.3. The molecule has 0 aromatic heterocycles. The fraction of sp³-hybridized carbons (Fsp3) is 0.812. The molecule has 44 heavy (non-hydrogen) atoms. The number of nitrogens with one attached hydrogen (secondary N) is 4. The quantitative estimate of drug-likeness (QED) is 0.230. The van der Waals surface area contributed by atoms with Crippen LogP contribution in [0.2, 0.25) is 0 Å². The van der Waals surface area contributed by atoms with Gasteiger partial charge in [0.05, 0.1) is 12.6 Å². The summed E-state index contributed by atoms with van der Waals surface area (Å²) in [5.41, 5.74) is -0.913. The van der Waals surface area contributed by atoms with Gasteiger partial charge in [-0.3, -0.25) is 24.0 Å². The summed E-state index contributed by atoms with van der Waals surface area (Å²) in [4.78, 5) is 80.2. The van der Waals surface area contributed by atoms with E-state index in [0.29, 0.717) is 19.5 Å². The highest BCUT2D eigenvalue weighted by Crippen LogP contribution is 2.65. The van der Waals surface area contributed by atoms with Crippen molar-refractivity contribution in [2.75, 3.05) is 19.6 Å². The molecule has 2 aliphatic carbocycles. The molecule has 2 saturated carbocycles. The number of rotatable bonds is 13. The van der Waals surface area contributed by atoms with Crippen molar-refractivity contribution < 1.29 is 33.5 Å². The molecule has 0 bridgehead atoms. The lowest BCUT2D eigenvalue weighted by Gasteiger charge is -2.37. The van der Waals surface area contributed by atoms with E-state index in [-0.39, 0.29) is 42.0 Å². The number of piperidine rings is 1. The Morgan fingerprint density at radius 3 is 2.18 bits per heavy atom. The average molecular weight is 620 g/mol. The Kier molecular flexibility index (Phi) is 11.8. The number of Topliss-reactive ketones (excluding diaryl/α,β-unsaturated/α-hetero) is 1. The summed E-state index contributed by atoms with van der Waals surface area (Å²) in [7, 11) is 0. The van der Waals surface area contributed by atoms with Crippen LogP contribution >= 0.6 is 0 Å². The number of hydrogen-bond acceptors (Lipinski definition) is 7. The minimum Gasteiger partial charge on any atom is -0.444 e. The van der Waals surface area contributed by atoms with Crippen LogP contribution in [0.3, 0.4) is 0 Å². The van der Waals surface area contributed by atoms with Gasteiger partial charge in [-0.1, -0.05) is 53.4 Å². The summed E-state index contributed by atoms with van der Waals surface area (Å²) < 4.78 is 5.49. The molecule has 0 aromatic rings. The van der Waals surface area contributed by atoms with Crippen LogP contribution in [0.5, 0.6) is 0 Å². The third-order valence-corrected chi connectivity index (χ3v) is 9.24. The molecular formula is C32H53N5O7. The first-order chi connectivity index (χ1) is 20.6. The van der Waals surface area contributed by atoms with E-state index in [1.54, 1.807) is 25.7 Å². The molecule has 3 aliphatic rings. The van der Waals surface area contributed by atoms with Crippen LogP contribution in [-0.4, -0.2) is 83.8 Å². The number of likely N-dealkylation sites (tertiary alicyclic amines) is 1. The van der Waals surface area contributed by atoms with Crippen molar-refractivity contribution in [3.05, 3.63) is 0 Å². The molecule has 3 fully saturated rings. The summed E-state index contributed by atoms with van der Waals surface area (Å²) in [6.45, 7) is 13.6. The molecule has 0 radical (unpaired) electrons. The van der Waals surface area contributed by atoms with Gasteiger partial charge in [-0.2, -0.15) is 0 Å². The predicted octanol–water partition coefficient (Wildman–Crippen LogP) is 2.44. The van der Waals surface area contributed by atoms with Crippen LogP contribution in [-0.2, 0) is 28.7 Å². The molecular weight excluding hydrogens is 566 g/mol. The van der Waals surface area contributed by atoms with E-state index in [4.69, 9.17) is 4.74 Å². The molecule has 248 valence electrons. The van der Waals surface area contributed by atoms with Gasteiger partial charge < -0.3 is 30.9 Å². The van der Waals surface area contributed by atoms with Gasteiger partial charge in [0.2, 0.25) is 23.5 Å². The van der Waals surface area contributed by atoms with Gasteiger partial charge in [0.25, 0.3) is 5.91 Å². The van der Waals surface area contributed by atoms with Crippen LogP contribution in [0.25, 0.3) is 0 Å². The lowest BCUT2D eigenvalue weighted by Crippen LogP contribution is -2.60. The topological polar surface area (TPSA) is 163 Å². The molecule has 1 aliphatic heterocycles. The first-order valence-electron chi connectivity index (χ1n) is 16.3. The number of ketones is 1. The highest BCUT2D eigenvalue weighted by atomic mass is 16.6. The third-order valence-electron chi connectivity index (χ3n) is 9.24. The van der Waals surface area contributed by atoms with Crippen molar-refractivity contribution in [1.82, 2.24) is 26.2 Å². The maximum atomic E-state index is 14.2. The first-order valence-corrected chi connectivity index (χ1v) is 16.3. The van der Waals surface area contributed by atoms with Crippen molar-refractivity contribution in [2.45, 2.75) is 124 Å². The highest BCUT2D eigenvalue weighted by Gasteiger charge is 2.69. The van der Waals surface area contributed by atoms with Gasteiger partial charge in [-0.25, -0.2) is 4.79 Å². The summed E-state index contributed by atoms with van der Waals surface area (Å²) in [5.74, 6) is -3.09. The van der Waals surface area contributed by atoms with E-state index < -0.39 is 53.3 Å². The fourth-order valence-corrected chi connectivity index (χ4v) is 6.82. The summed E-state index contributed by atoms with van der Waals surface area (Å²) in [6, 6.07) is -2.78. The zero-order valence-electron chi connectivity index (χ0n) is 27.5. The Labute approximate surface area is 261 Å². The van der Waals surface area contributed by atoms with E-state index >= 15 is 0 Å². The Balaban J connectivity index is 1.78. The summed E-state index contributed by atoms with van der Waals surface area (Å²) >= 11 is 0.